The summed E-state index contributed by atoms with van der Waals surface area (Å²) in [5.41, 5.74) is 6.85. The van der Waals surface area contributed by atoms with Crippen LogP contribution in [0.4, 0.5) is 0 Å². The molecule has 3 atom stereocenters. The van der Waals surface area contributed by atoms with E-state index in [4.69, 9.17) is 10.5 Å². The number of ether oxygens (including phenoxy) is 1. The molecule has 0 spiro atoms. The summed E-state index contributed by atoms with van der Waals surface area (Å²) in [5, 5.41) is 3.38. The van der Waals surface area contributed by atoms with Crippen LogP contribution in [0.2, 0.25) is 0 Å². The molecule has 1 aliphatic rings. The summed E-state index contributed by atoms with van der Waals surface area (Å²) in [7, 11) is 0. The number of hydrogen-bond acceptors (Lipinski definition) is 3. The molecule has 1 aliphatic heterocycles. The van der Waals surface area contributed by atoms with Crippen molar-refractivity contribution in [2.75, 3.05) is 13.1 Å². The maximum absolute atomic E-state index is 5.77. The molecular weight excluding hydrogens is 176 g/mol. The first-order chi connectivity index (χ1) is 6.63. The lowest BCUT2D eigenvalue weighted by molar-refractivity contribution is 0.0345. The third-order valence-electron chi connectivity index (χ3n) is 2.63. The Hall–Kier alpha value is -0.380. The number of nitrogens with two attached hydrogens (primary N) is 1. The number of nitrogens with one attached hydrogen (secondary N) is 1. The molecule has 1 saturated heterocycles. The minimum Gasteiger partial charge on any atom is -0.374 e. The van der Waals surface area contributed by atoms with Gasteiger partial charge in [0, 0.05) is 19.1 Å². The van der Waals surface area contributed by atoms with E-state index in [0.717, 1.165) is 25.0 Å². The monoisotopic (exact) mass is 198 g/mol. The van der Waals surface area contributed by atoms with E-state index in [1.165, 1.54) is 0 Å². The van der Waals surface area contributed by atoms with Crippen molar-refractivity contribution in [2.45, 2.75) is 44.9 Å². The molecule has 0 bridgehead atoms. The lowest BCUT2D eigenvalue weighted by Crippen LogP contribution is -2.45. The second-order valence-electron chi connectivity index (χ2n) is 4.24. The Balaban J connectivity index is 2.34. The Labute approximate surface area is 86.7 Å². The lowest BCUT2D eigenvalue weighted by Gasteiger charge is -2.23. The first-order valence-corrected chi connectivity index (χ1v) is 5.36. The Bertz CT molecular complexity index is 194. The zero-order valence-electron chi connectivity index (χ0n) is 9.25. The van der Waals surface area contributed by atoms with Crippen molar-refractivity contribution in [3.8, 4) is 0 Å². The van der Waals surface area contributed by atoms with Crippen LogP contribution in [0.1, 0.15) is 26.7 Å². The molecule has 82 valence electrons. The molecule has 0 aromatic carbocycles. The second kappa shape index (κ2) is 5.49. The van der Waals surface area contributed by atoms with Crippen LogP contribution in [0.25, 0.3) is 0 Å². The minimum atomic E-state index is 0.275. The van der Waals surface area contributed by atoms with Gasteiger partial charge in [0.2, 0.25) is 0 Å². The highest BCUT2D eigenvalue weighted by Gasteiger charge is 2.28. The van der Waals surface area contributed by atoms with Gasteiger partial charge in [-0.3, -0.25) is 0 Å². The molecule has 0 aliphatic carbocycles. The van der Waals surface area contributed by atoms with Gasteiger partial charge in [-0.2, -0.15) is 0 Å². The van der Waals surface area contributed by atoms with E-state index in [1.54, 1.807) is 0 Å². The zero-order valence-corrected chi connectivity index (χ0v) is 9.25. The maximum atomic E-state index is 5.77. The molecule has 1 fully saturated rings. The summed E-state index contributed by atoms with van der Waals surface area (Å²) in [4.78, 5) is 0. The second-order valence-corrected chi connectivity index (χ2v) is 4.24. The molecular formula is C11H22N2O. The van der Waals surface area contributed by atoms with Gasteiger partial charge in [0.15, 0.2) is 0 Å². The topological polar surface area (TPSA) is 47.3 Å². The van der Waals surface area contributed by atoms with Crippen LogP contribution < -0.4 is 11.1 Å². The van der Waals surface area contributed by atoms with Crippen LogP contribution in [0.5, 0.6) is 0 Å². The zero-order chi connectivity index (χ0) is 10.6. The van der Waals surface area contributed by atoms with Gasteiger partial charge in [0.25, 0.3) is 0 Å². The van der Waals surface area contributed by atoms with Crippen molar-refractivity contribution < 1.29 is 4.74 Å². The van der Waals surface area contributed by atoms with E-state index < -0.39 is 0 Å². The summed E-state index contributed by atoms with van der Waals surface area (Å²) in [5.74, 6) is 0. The predicted molar refractivity (Wildman–Crippen MR) is 59.2 cm³/mol. The molecule has 14 heavy (non-hydrogen) atoms. The Morgan fingerprint density at radius 2 is 2.36 bits per heavy atom. The van der Waals surface area contributed by atoms with Crippen molar-refractivity contribution in [2.24, 2.45) is 5.73 Å². The highest BCUT2D eigenvalue weighted by molar-refractivity contribution is 4.94. The Morgan fingerprint density at radius 1 is 1.64 bits per heavy atom. The van der Waals surface area contributed by atoms with Gasteiger partial charge in [-0.05, 0) is 26.7 Å². The first kappa shape index (κ1) is 11.7. The maximum Gasteiger partial charge on any atom is 0.0745 e. The van der Waals surface area contributed by atoms with Gasteiger partial charge in [-0.25, -0.2) is 0 Å². The molecule has 1 rings (SSSR count). The van der Waals surface area contributed by atoms with Crippen LogP contribution in [0.15, 0.2) is 12.2 Å². The molecule has 0 radical (unpaired) electrons. The van der Waals surface area contributed by atoms with Gasteiger partial charge in [0.05, 0.1) is 12.2 Å². The van der Waals surface area contributed by atoms with Gasteiger partial charge in [-0.15, -0.1) is 0 Å². The van der Waals surface area contributed by atoms with Crippen LogP contribution in [0, 0.1) is 0 Å². The van der Waals surface area contributed by atoms with E-state index in [2.05, 4.69) is 18.8 Å². The fourth-order valence-electron chi connectivity index (χ4n) is 1.80. The molecule has 0 amide bonds. The van der Waals surface area contributed by atoms with Crippen molar-refractivity contribution in [1.82, 2.24) is 5.32 Å². The Morgan fingerprint density at radius 3 is 2.79 bits per heavy atom. The van der Waals surface area contributed by atoms with Crippen LogP contribution in [-0.4, -0.2) is 31.3 Å². The van der Waals surface area contributed by atoms with E-state index in [-0.39, 0.29) is 12.1 Å². The molecule has 3 unspecified atom stereocenters. The van der Waals surface area contributed by atoms with Gasteiger partial charge in [-0.1, -0.05) is 12.2 Å². The van der Waals surface area contributed by atoms with E-state index >= 15 is 0 Å². The highest BCUT2D eigenvalue weighted by atomic mass is 16.5. The average Bonchev–Trinajstić information content (AvgIpc) is 2.53. The summed E-state index contributed by atoms with van der Waals surface area (Å²) in [6, 6.07) is 0.275. The third-order valence-corrected chi connectivity index (χ3v) is 2.63. The third kappa shape index (κ3) is 3.40. The Kier molecular flexibility index (Phi) is 4.58. The predicted octanol–water partition coefficient (Wildman–Crippen LogP) is 1.05. The molecule has 3 N–H and O–H groups in total. The standard InChI is InChI=1S/C11H22N2O/c1-8(2)7-13-10(6-12)11-5-4-9(3)14-11/h9-11,13H,1,4-7,12H2,2-3H3. The molecule has 0 aromatic rings. The van der Waals surface area contributed by atoms with E-state index in [0.29, 0.717) is 12.6 Å². The quantitative estimate of drug-likeness (QED) is 0.649. The van der Waals surface area contributed by atoms with Gasteiger partial charge in [0.1, 0.15) is 0 Å². The minimum absolute atomic E-state index is 0.275. The summed E-state index contributed by atoms with van der Waals surface area (Å²) in [6.07, 6.45) is 2.94. The normalized spacial score (nSPS) is 29.1. The molecule has 0 saturated carbocycles. The molecule has 3 nitrogen and oxygen atoms in total. The average molecular weight is 198 g/mol. The fourth-order valence-corrected chi connectivity index (χ4v) is 1.80. The smallest absolute Gasteiger partial charge is 0.0745 e. The van der Waals surface area contributed by atoms with Crippen molar-refractivity contribution in [1.29, 1.82) is 0 Å². The lowest BCUT2D eigenvalue weighted by atomic mass is 10.1. The number of rotatable bonds is 5. The van der Waals surface area contributed by atoms with Crippen LogP contribution >= 0.6 is 0 Å². The molecule has 3 heteroatoms. The summed E-state index contributed by atoms with van der Waals surface area (Å²) >= 11 is 0. The van der Waals surface area contributed by atoms with Crippen LogP contribution in [0.3, 0.4) is 0 Å². The van der Waals surface area contributed by atoms with E-state index in [1.807, 2.05) is 6.92 Å². The van der Waals surface area contributed by atoms with Gasteiger partial charge >= 0.3 is 0 Å². The first-order valence-electron chi connectivity index (χ1n) is 5.36. The highest BCUT2D eigenvalue weighted by Crippen LogP contribution is 2.21. The van der Waals surface area contributed by atoms with Crippen molar-refractivity contribution in [3.05, 3.63) is 12.2 Å². The molecule has 0 aromatic heterocycles. The van der Waals surface area contributed by atoms with Crippen molar-refractivity contribution in [3.63, 3.8) is 0 Å². The largest absolute Gasteiger partial charge is 0.374 e. The van der Waals surface area contributed by atoms with E-state index in [9.17, 15) is 0 Å². The van der Waals surface area contributed by atoms with Crippen molar-refractivity contribution >= 4 is 0 Å². The van der Waals surface area contributed by atoms with Gasteiger partial charge < -0.3 is 15.8 Å². The summed E-state index contributed by atoms with van der Waals surface area (Å²) in [6.45, 7) is 9.45. The summed E-state index contributed by atoms with van der Waals surface area (Å²) < 4.78 is 5.77. The molecule has 1 heterocycles. The SMILES string of the molecule is C=C(C)CNC(CN)C1CCC(C)O1. The number of hydrogen-bond donors (Lipinski definition) is 2. The van der Waals surface area contributed by atoms with Crippen LogP contribution in [-0.2, 0) is 4.74 Å². The fraction of sp³-hybridized carbons (Fsp3) is 0.818.